The molecule has 0 N–H and O–H groups in total. The molecule has 0 aromatic rings. The first-order valence-electron chi connectivity index (χ1n) is 3.98. The molecule has 0 bridgehead atoms. The maximum Gasteiger partial charge on any atom is 0.101 e. The molecule has 0 aromatic carbocycles. The van der Waals surface area contributed by atoms with E-state index >= 15 is 0 Å². The number of rotatable bonds is 3. The Kier molecular flexibility index (Phi) is 4.42. The number of hydrogen-bond donors (Lipinski definition) is 0. The Bertz CT molecular complexity index is 136. The van der Waals surface area contributed by atoms with Gasteiger partial charge in [0.1, 0.15) is 5.24 Å². The van der Waals surface area contributed by atoms with Crippen molar-refractivity contribution in [3.05, 3.63) is 0 Å². The maximum absolute atomic E-state index is 10.9. The summed E-state index contributed by atoms with van der Waals surface area (Å²) in [4.78, 5) is 12.6. The van der Waals surface area contributed by atoms with Crippen molar-refractivity contribution in [1.29, 1.82) is 0 Å². The van der Waals surface area contributed by atoms with Crippen LogP contribution in [0.1, 0.15) is 27.7 Å². The Hall–Kier alpha value is -0.310. The lowest BCUT2D eigenvalue weighted by Gasteiger charge is -2.33. The van der Waals surface area contributed by atoms with Crippen LogP contribution < -0.4 is 0 Å². The molecule has 0 saturated heterocycles. The van der Waals surface area contributed by atoms with Crippen LogP contribution >= 0.6 is 0 Å². The van der Waals surface area contributed by atoms with Gasteiger partial charge in [0, 0.05) is 12.6 Å². The van der Waals surface area contributed by atoms with Crippen molar-refractivity contribution in [2.45, 2.75) is 33.7 Å². The van der Waals surface area contributed by atoms with E-state index in [9.17, 15) is 4.79 Å². The lowest BCUT2D eigenvalue weighted by Crippen LogP contribution is -2.39. The van der Waals surface area contributed by atoms with Crippen molar-refractivity contribution < 1.29 is 4.79 Å². The summed E-state index contributed by atoms with van der Waals surface area (Å²) in [7, 11) is 0. The number of nitrogens with zero attached hydrogens (tertiary/aromatic N) is 1. The first-order chi connectivity index (χ1) is 5.00. The minimum absolute atomic E-state index is 0.242. The maximum atomic E-state index is 10.9. The highest BCUT2D eigenvalue weighted by molar-refractivity contribution is 7.76. The Morgan fingerprint density at radius 3 is 2.00 bits per heavy atom. The zero-order chi connectivity index (χ0) is 9.02. The molecule has 0 fully saturated rings. The average Bonchev–Trinajstić information content (AvgIpc) is 1.88. The fourth-order valence-corrected chi connectivity index (χ4v) is 1.24. The molecule has 66 valence electrons. The summed E-state index contributed by atoms with van der Waals surface area (Å²) in [5.74, 6) is 0.474. The van der Waals surface area contributed by atoms with Crippen molar-refractivity contribution in [3.8, 4) is 0 Å². The highest BCUT2D eigenvalue weighted by Gasteiger charge is 2.13. The van der Waals surface area contributed by atoms with Crippen LogP contribution in [-0.4, -0.2) is 22.7 Å². The highest BCUT2D eigenvalue weighted by Crippen LogP contribution is 2.09. The summed E-state index contributed by atoms with van der Waals surface area (Å²) in [5, 5.41) is -0.242. The highest BCUT2D eigenvalue weighted by atomic mass is 32.1. The first kappa shape index (κ1) is 10.7. The third-order valence-corrected chi connectivity index (χ3v) is 2.27. The van der Waals surface area contributed by atoms with Crippen LogP contribution in [0.3, 0.4) is 0 Å². The van der Waals surface area contributed by atoms with E-state index in [2.05, 4.69) is 26.5 Å². The van der Waals surface area contributed by atoms with Gasteiger partial charge in [-0.25, -0.2) is 0 Å². The van der Waals surface area contributed by atoms with Crippen LogP contribution in [0, 0.1) is 5.92 Å². The van der Waals surface area contributed by atoms with E-state index in [0.29, 0.717) is 12.5 Å². The summed E-state index contributed by atoms with van der Waals surface area (Å²) in [6, 6.07) is 0.255. The van der Waals surface area contributed by atoms with Gasteiger partial charge in [-0.1, -0.05) is 13.8 Å². The van der Waals surface area contributed by atoms with E-state index in [4.69, 9.17) is 0 Å². The molecule has 0 radical (unpaired) electrons. The van der Waals surface area contributed by atoms with E-state index in [1.165, 1.54) is 0 Å². The molecule has 1 atom stereocenters. The van der Waals surface area contributed by atoms with Crippen molar-refractivity contribution in [3.63, 3.8) is 0 Å². The number of hydrogen-bond acceptors (Lipinski definition) is 2. The number of carbonyl (C=O) groups is 1. The minimum Gasteiger partial charge on any atom is -0.719 e. The Labute approximate surface area is 74.4 Å². The zero-order valence-electron chi connectivity index (χ0n) is 7.63. The van der Waals surface area contributed by atoms with Crippen LogP contribution in [0.25, 0.3) is 0 Å². The Morgan fingerprint density at radius 2 is 1.91 bits per heavy atom. The summed E-state index contributed by atoms with van der Waals surface area (Å²) in [5.41, 5.74) is 0. The summed E-state index contributed by atoms with van der Waals surface area (Å²) >= 11 is 4.58. The Morgan fingerprint density at radius 1 is 1.45 bits per heavy atom. The topological polar surface area (TPSA) is 20.3 Å². The van der Waals surface area contributed by atoms with Gasteiger partial charge in [-0.3, -0.25) is 0 Å². The quantitative estimate of drug-likeness (QED) is 0.610. The van der Waals surface area contributed by atoms with Crippen molar-refractivity contribution in [2.75, 3.05) is 6.54 Å². The van der Waals surface area contributed by atoms with Gasteiger partial charge < -0.3 is 22.3 Å². The lowest BCUT2D eigenvalue weighted by atomic mass is 10.1. The fraction of sp³-hybridized carbons (Fsp3) is 0.875. The van der Waals surface area contributed by atoms with Crippen LogP contribution in [0.5, 0.6) is 0 Å². The van der Waals surface area contributed by atoms with Gasteiger partial charge in [0.05, 0.1) is 0 Å². The molecule has 0 aromatic heterocycles. The molecule has 0 aliphatic carbocycles. The van der Waals surface area contributed by atoms with Gasteiger partial charge >= 0.3 is 0 Å². The molecule has 0 spiro atoms. The normalized spacial score (nSPS) is 13.2. The first-order valence-corrected chi connectivity index (χ1v) is 4.39. The van der Waals surface area contributed by atoms with Crippen LogP contribution in [0.15, 0.2) is 0 Å². The molecule has 0 heterocycles. The lowest BCUT2D eigenvalue weighted by molar-refractivity contribution is 0.190. The molecular weight excluding hydrogens is 158 g/mol. The standard InChI is InChI=1S/C8H17NOS/c1-5-9(8(10)11)7(4)6(2)3/h6-7H,5H2,1-4H3,(H,10,11)/p-1. The largest absolute Gasteiger partial charge is 0.719 e. The van der Waals surface area contributed by atoms with Crippen molar-refractivity contribution >= 4 is 17.9 Å². The number of amides is 1. The molecule has 1 unspecified atom stereocenters. The minimum atomic E-state index is -0.242. The smallest absolute Gasteiger partial charge is 0.101 e. The SMILES string of the molecule is CCN(C(=O)[S-])C(C)C(C)C. The van der Waals surface area contributed by atoms with E-state index in [1.54, 1.807) is 4.90 Å². The Balaban J connectivity index is 4.14. The van der Waals surface area contributed by atoms with Crippen LogP contribution in [0.4, 0.5) is 4.79 Å². The molecule has 0 saturated carbocycles. The van der Waals surface area contributed by atoms with Gasteiger partial charge in [0.25, 0.3) is 0 Å². The van der Waals surface area contributed by atoms with Crippen LogP contribution in [-0.2, 0) is 12.6 Å². The molecule has 0 aliphatic rings. The summed E-state index contributed by atoms with van der Waals surface area (Å²) < 4.78 is 0. The number of carbonyl (C=O) groups excluding carboxylic acids is 1. The summed E-state index contributed by atoms with van der Waals surface area (Å²) in [6.45, 7) is 8.86. The molecule has 11 heavy (non-hydrogen) atoms. The van der Waals surface area contributed by atoms with Gasteiger partial charge in [-0.15, -0.1) is 0 Å². The third kappa shape index (κ3) is 3.06. The molecule has 3 heteroatoms. The van der Waals surface area contributed by atoms with Crippen molar-refractivity contribution in [2.24, 2.45) is 5.92 Å². The third-order valence-electron chi connectivity index (χ3n) is 2.03. The molecule has 1 amide bonds. The molecule has 0 aliphatic heterocycles. The zero-order valence-corrected chi connectivity index (χ0v) is 8.44. The second-order valence-corrected chi connectivity index (χ2v) is 3.39. The van der Waals surface area contributed by atoms with Crippen LogP contribution in [0.2, 0.25) is 0 Å². The van der Waals surface area contributed by atoms with E-state index in [1.807, 2.05) is 13.8 Å². The van der Waals surface area contributed by atoms with Gasteiger partial charge in [0.2, 0.25) is 0 Å². The monoisotopic (exact) mass is 174 g/mol. The van der Waals surface area contributed by atoms with Gasteiger partial charge in [-0.2, -0.15) is 0 Å². The van der Waals surface area contributed by atoms with Gasteiger partial charge in [-0.05, 0) is 19.8 Å². The van der Waals surface area contributed by atoms with Crippen molar-refractivity contribution in [1.82, 2.24) is 4.90 Å². The van der Waals surface area contributed by atoms with Gasteiger partial charge in [0.15, 0.2) is 0 Å². The van der Waals surface area contributed by atoms with E-state index < -0.39 is 0 Å². The second kappa shape index (κ2) is 4.54. The predicted octanol–water partition coefficient (Wildman–Crippen LogP) is 2.02. The fourth-order valence-electron chi connectivity index (χ4n) is 0.943. The molecule has 0 rings (SSSR count). The molecule has 2 nitrogen and oxygen atoms in total. The molecular formula is C8H16NOS-. The van der Waals surface area contributed by atoms with E-state index in [0.717, 1.165) is 0 Å². The predicted molar refractivity (Wildman–Crippen MR) is 49.4 cm³/mol. The average molecular weight is 174 g/mol. The second-order valence-electron chi connectivity index (χ2n) is 3.04. The van der Waals surface area contributed by atoms with E-state index in [-0.39, 0.29) is 11.3 Å². The summed E-state index contributed by atoms with van der Waals surface area (Å²) in [6.07, 6.45) is 0.